The number of nitrogens with zero attached hydrogens (tertiary/aromatic N) is 1. The lowest BCUT2D eigenvalue weighted by Gasteiger charge is -2.24. The molecule has 0 aliphatic carbocycles. The summed E-state index contributed by atoms with van der Waals surface area (Å²) in [5, 5.41) is 0. The van der Waals surface area contributed by atoms with E-state index in [1.54, 1.807) is 30.3 Å². The Labute approximate surface area is 111 Å². The minimum Gasteiger partial charge on any atom is -0.207 e. The van der Waals surface area contributed by atoms with Crippen LogP contribution in [0.15, 0.2) is 46.3 Å². The lowest BCUT2D eigenvalue weighted by atomic mass is 10.4. The normalized spacial score (nSPS) is 12.1. The molecule has 1 aromatic rings. The van der Waals surface area contributed by atoms with E-state index in [0.717, 1.165) is 4.47 Å². The van der Waals surface area contributed by atoms with Crippen LogP contribution in [0.1, 0.15) is 13.8 Å². The molecular formula is C12H16BrNO2S. The summed E-state index contributed by atoms with van der Waals surface area (Å²) in [6, 6.07) is 6.54. The molecule has 0 aliphatic heterocycles. The van der Waals surface area contributed by atoms with Gasteiger partial charge < -0.3 is 0 Å². The first-order chi connectivity index (χ1) is 7.89. The van der Waals surface area contributed by atoms with Gasteiger partial charge in [-0.2, -0.15) is 4.31 Å². The molecule has 94 valence electrons. The Hall–Kier alpha value is -0.650. The minimum atomic E-state index is -3.44. The van der Waals surface area contributed by atoms with Crippen LogP contribution in [0.5, 0.6) is 0 Å². The SMILES string of the molecule is C=CCN(C(C)C)S(=O)(=O)c1ccc(Br)cc1. The number of rotatable bonds is 5. The standard InChI is InChI=1S/C12H16BrNO2S/c1-4-9-14(10(2)3)17(15,16)12-7-5-11(13)6-8-12/h4-8,10H,1,9H2,2-3H3. The summed E-state index contributed by atoms with van der Waals surface area (Å²) in [5.41, 5.74) is 0. The van der Waals surface area contributed by atoms with E-state index in [0.29, 0.717) is 11.4 Å². The van der Waals surface area contributed by atoms with E-state index in [1.165, 1.54) is 4.31 Å². The first-order valence-electron chi connectivity index (χ1n) is 5.28. The van der Waals surface area contributed by atoms with Crippen molar-refractivity contribution in [3.63, 3.8) is 0 Å². The highest BCUT2D eigenvalue weighted by Gasteiger charge is 2.25. The van der Waals surface area contributed by atoms with Crippen LogP contribution in [0.4, 0.5) is 0 Å². The summed E-state index contributed by atoms with van der Waals surface area (Å²) < 4.78 is 27.0. The fourth-order valence-corrected chi connectivity index (χ4v) is 3.33. The number of halogens is 1. The molecule has 1 rings (SSSR count). The Morgan fingerprint density at radius 1 is 1.35 bits per heavy atom. The summed E-state index contributed by atoms with van der Waals surface area (Å²) in [7, 11) is -3.44. The molecule has 0 N–H and O–H groups in total. The predicted octanol–water partition coefficient (Wildman–Crippen LogP) is 3.03. The first-order valence-corrected chi connectivity index (χ1v) is 7.51. The number of sulfonamides is 1. The van der Waals surface area contributed by atoms with Crippen LogP contribution in [0.25, 0.3) is 0 Å². The van der Waals surface area contributed by atoms with Crippen molar-refractivity contribution in [2.24, 2.45) is 0 Å². The van der Waals surface area contributed by atoms with E-state index in [-0.39, 0.29) is 6.04 Å². The maximum Gasteiger partial charge on any atom is 0.243 e. The molecule has 0 aromatic heterocycles. The van der Waals surface area contributed by atoms with E-state index < -0.39 is 10.0 Å². The molecule has 0 atom stereocenters. The summed E-state index contributed by atoms with van der Waals surface area (Å²) in [6.07, 6.45) is 1.59. The second-order valence-electron chi connectivity index (χ2n) is 3.91. The molecule has 0 aliphatic rings. The van der Waals surface area contributed by atoms with Crippen molar-refractivity contribution in [3.05, 3.63) is 41.4 Å². The number of benzene rings is 1. The zero-order chi connectivity index (χ0) is 13.1. The van der Waals surface area contributed by atoms with E-state index in [2.05, 4.69) is 22.5 Å². The van der Waals surface area contributed by atoms with Gasteiger partial charge in [0.05, 0.1) is 4.90 Å². The molecule has 5 heteroatoms. The molecule has 0 amide bonds. The fraction of sp³-hybridized carbons (Fsp3) is 0.333. The molecule has 0 unspecified atom stereocenters. The third-order valence-corrected chi connectivity index (χ3v) is 4.89. The lowest BCUT2D eigenvalue weighted by molar-refractivity contribution is 0.383. The van der Waals surface area contributed by atoms with Crippen molar-refractivity contribution in [3.8, 4) is 0 Å². The van der Waals surface area contributed by atoms with Crippen LogP contribution in [-0.2, 0) is 10.0 Å². The van der Waals surface area contributed by atoms with Crippen molar-refractivity contribution in [2.45, 2.75) is 24.8 Å². The fourth-order valence-electron chi connectivity index (χ4n) is 1.46. The quantitative estimate of drug-likeness (QED) is 0.783. The van der Waals surface area contributed by atoms with Crippen LogP contribution in [-0.4, -0.2) is 25.3 Å². The van der Waals surface area contributed by atoms with Crippen LogP contribution in [0, 0.1) is 0 Å². The Morgan fingerprint density at radius 3 is 2.29 bits per heavy atom. The number of hydrogen-bond acceptors (Lipinski definition) is 2. The van der Waals surface area contributed by atoms with Gasteiger partial charge in [0.15, 0.2) is 0 Å². The van der Waals surface area contributed by atoms with Gasteiger partial charge in [0.2, 0.25) is 10.0 Å². The molecule has 1 aromatic carbocycles. The zero-order valence-electron chi connectivity index (χ0n) is 9.93. The van der Waals surface area contributed by atoms with Gasteiger partial charge in [0.1, 0.15) is 0 Å². The highest BCUT2D eigenvalue weighted by Crippen LogP contribution is 2.20. The van der Waals surface area contributed by atoms with E-state index >= 15 is 0 Å². The van der Waals surface area contributed by atoms with Crippen molar-refractivity contribution in [1.82, 2.24) is 4.31 Å². The minimum absolute atomic E-state index is 0.0957. The van der Waals surface area contributed by atoms with Crippen molar-refractivity contribution < 1.29 is 8.42 Å². The van der Waals surface area contributed by atoms with Gasteiger partial charge in [-0.25, -0.2) is 8.42 Å². The summed E-state index contributed by atoms with van der Waals surface area (Å²) in [6.45, 7) is 7.60. The highest BCUT2D eigenvalue weighted by atomic mass is 79.9. The Kier molecular flexibility index (Phi) is 4.91. The molecule has 0 fully saturated rings. The van der Waals surface area contributed by atoms with Gasteiger partial charge in [-0.15, -0.1) is 6.58 Å². The Balaban J connectivity index is 3.16. The summed E-state index contributed by atoms with van der Waals surface area (Å²) >= 11 is 3.28. The van der Waals surface area contributed by atoms with Crippen LogP contribution < -0.4 is 0 Å². The van der Waals surface area contributed by atoms with Crippen LogP contribution in [0.3, 0.4) is 0 Å². The molecular weight excluding hydrogens is 302 g/mol. The summed E-state index contributed by atoms with van der Waals surface area (Å²) in [5.74, 6) is 0. The molecule has 17 heavy (non-hydrogen) atoms. The van der Waals surface area contributed by atoms with Crippen molar-refractivity contribution >= 4 is 26.0 Å². The maximum atomic E-state index is 12.3. The van der Waals surface area contributed by atoms with Crippen molar-refractivity contribution in [2.75, 3.05) is 6.54 Å². The highest BCUT2D eigenvalue weighted by molar-refractivity contribution is 9.10. The molecule has 0 spiro atoms. The molecule has 0 heterocycles. The van der Waals surface area contributed by atoms with Gasteiger partial charge in [-0.05, 0) is 38.1 Å². The molecule has 0 bridgehead atoms. The largest absolute Gasteiger partial charge is 0.243 e. The smallest absolute Gasteiger partial charge is 0.207 e. The van der Waals surface area contributed by atoms with Gasteiger partial charge >= 0.3 is 0 Å². The average molecular weight is 318 g/mol. The second kappa shape index (κ2) is 5.80. The maximum absolute atomic E-state index is 12.3. The molecule has 0 saturated heterocycles. The molecule has 3 nitrogen and oxygen atoms in total. The average Bonchev–Trinajstić information content (AvgIpc) is 2.25. The van der Waals surface area contributed by atoms with E-state index in [1.807, 2.05) is 13.8 Å². The third kappa shape index (κ3) is 3.40. The first kappa shape index (κ1) is 14.4. The van der Waals surface area contributed by atoms with Gasteiger partial charge in [0, 0.05) is 17.1 Å². The molecule has 0 saturated carbocycles. The van der Waals surface area contributed by atoms with Gasteiger partial charge in [0.25, 0.3) is 0 Å². The van der Waals surface area contributed by atoms with E-state index in [4.69, 9.17) is 0 Å². The Morgan fingerprint density at radius 2 is 1.88 bits per heavy atom. The van der Waals surface area contributed by atoms with Crippen LogP contribution in [0.2, 0.25) is 0 Å². The summed E-state index contributed by atoms with van der Waals surface area (Å²) in [4.78, 5) is 0.302. The van der Waals surface area contributed by atoms with E-state index in [9.17, 15) is 8.42 Å². The molecule has 0 radical (unpaired) electrons. The van der Waals surface area contributed by atoms with Gasteiger partial charge in [-0.1, -0.05) is 22.0 Å². The zero-order valence-corrected chi connectivity index (χ0v) is 12.3. The van der Waals surface area contributed by atoms with Crippen molar-refractivity contribution in [1.29, 1.82) is 0 Å². The van der Waals surface area contributed by atoms with Gasteiger partial charge in [-0.3, -0.25) is 0 Å². The number of hydrogen-bond donors (Lipinski definition) is 0. The van der Waals surface area contributed by atoms with Crippen LogP contribution >= 0.6 is 15.9 Å². The predicted molar refractivity (Wildman–Crippen MR) is 73.4 cm³/mol. The topological polar surface area (TPSA) is 37.4 Å². The second-order valence-corrected chi connectivity index (χ2v) is 6.72. The Bertz CT molecular complexity index is 480. The monoisotopic (exact) mass is 317 g/mol. The third-order valence-electron chi connectivity index (χ3n) is 2.31. The lowest BCUT2D eigenvalue weighted by Crippen LogP contribution is -2.36.